The van der Waals surface area contributed by atoms with Gasteiger partial charge in [0.2, 0.25) is 0 Å². The van der Waals surface area contributed by atoms with Gasteiger partial charge in [-0.3, -0.25) is 5.10 Å². The first-order valence-electron chi connectivity index (χ1n) is 4.46. The maximum Gasteiger partial charge on any atom is 0.145 e. The number of nitrogens with zero attached hydrogens (tertiary/aromatic N) is 1. The minimum absolute atomic E-state index is 0.287. The number of nitrogen functional groups attached to an aromatic ring is 1. The van der Waals surface area contributed by atoms with Gasteiger partial charge in [-0.25, -0.2) is 4.39 Å². The lowest BCUT2D eigenvalue weighted by atomic mass is 10.1. The molecule has 84 valence electrons. The molecular weight excluding hydrogens is 233 g/mol. The molecule has 0 saturated carbocycles. The summed E-state index contributed by atoms with van der Waals surface area (Å²) in [6.07, 6.45) is 0. The normalized spacial score (nSPS) is 10.4. The van der Waals surface area contributed by atoms with Crippen LogP contribution in [0.1, 0.15) is 0 Å². The van der Waals surface area contributed by atoms with Crippen molar-refractivity contribution in [2.24, 2.45) is 0 Å². The zero-order valence-electron chi connectivity index (χ0n) is 8.42. The van der Waals surface area contributed by atoms with E-state index in [9.17, 15) is 4.39 Å². The van der Waals surface area contributed by atoms with Crippen LogP contribution in [0, 0.1) is 5.82 Å². The fourth-order valence-corrected chi connectivity index (χ4v) is 1.61. The SMILES string of the molecule is COc1cc(F)c(-c2cc(N)n[nH]2)cc1Cl. The van der Waals surface area contributed by atoms with Crippen LogP contribution in [0.2, 0.25) is 5.02 Å². The Hall–Kier alpha value is -1.75. The van der Waals surface area contributed by atoms with Crippen LogP contribution in [0.25, 0.3) is 11.3 Å². The molecule has 16 heavy (non-hydrogen) atoms. The predicted octanol–water partition coefficient (Wildman–Crippen LogP) is 2.46. The third-order valence-corrected chi connectivity index (χ3v) is 2.42. The van der Waals surface area contributed by atoms with E-state index < -0.39 is 5.82 Å². The summed E-state index contributed by atoms with van der Waals surface area (Å²) in [5.74, 6) is 0.127. The summed E-state index contributed by atoms with van der Waals surface area (Å²) in [7, 11) is 1.43. The Bertz CT molecular complexity index is 527. The average Bonchev–Trinajstić information content (AvgIpc) is 2.67. The van der Waals surface area contributed by atoms with Crippen molar-refractivity contribution in [3.05, 3.63) is 29.0 Å². The van der Waals surface area contributed by atoms with E-state index in [0.29, 0.717) is 22.1 Å². The number of rotatable bonds is 2. The van der Waals surface area contributed by atoms with Crippen LogP contribution in [0.3, 0.4) is 0 Å². The van der Waals surface area contributed by atoms with Crippen molar-refractivity contribution in [1.82, 2.24) is 10.2 Å². The van der Waals surface area contributed by atoms with Crippen molar-refractivity contribution in [2.45, 2.75) is 0 Å². The maximum atomic E-state index is 13.7. The number of hydrogen-bond acceptors (Lipinski definition) is 3. The fourth-order valence-electron chi connectivity index (χ4n) is 1.37. The maximum absolute atomic E-state index is 13.7. The highest BCUT2D eigenvalue weighted by atomic mass is 35.5. The van der Waals surface area contributed by atoms with E-state index in [1.54, 1.807) is 0 Å². The molecule has 0 fully saturated rings. The van der Waals surface area contributed by atoms with Crippen LogP contribution in [-0.4, -0.2) is 17.3 Å². The lowest BCUT2D eigenvalue weighted by Crippen LogP contribution is -1.90. The van der Waals surface area contributed by atoms with Crippen LogP contribution in [0.5, 0.6) is 5.75 Å². The van der Waals surface area contributed by atoms with Crippen molar-refractivity contribution in [2.75, 3.05) is 12.8 Å². The van der Waals surface area contributed by atoms with E-state index >= 15 is 0 Å². The molecule has 0 amide bonds. The number of benzene rings is 1. The monoisotopic (exact) mass is 241 g/mol. The molecule has 3 N–H and O–H groups in total. The minimum atomic E-state index is -0.454. The molecular formula is C10H9ClFN3O. The second-order valence-corrected chi connectivity index (χ2v) is 3.58. The van der Waals surface area contributed by atoms with E-state index in [4.69, 9.17) is 22.1 Å². The number of halogens is 2. The summed E-state index contributed by atoms with van der Waals surface area (Å²) in [5, 5.41) is 6.66. The molecule has 0 radical (unpaired) electrons. The van der Waals surface area contributed by atoms with E-state index in [1.165, 1.54) is 25.3 Å². The third kappa shape index (κ3) is 1.81. The summed E-state index contributed by atoms with van der Waals surface area (Å²) in [6.45, 7) is 0. The topological polar surface area (TPSA) is 63.9 Å². The Morgan fingerprint density at radius 2 is 2.19 bits per heavy atom. The van der Waals surface area contributed by atoms with E-state index in [1.807, 2.05) is 0 Å². The second kappa shape index (κ2) is 4.02. The molecule has 2 rings (SSSR count). The molecule has 0 bridgehead atoms. The molecule has 0 spiro atoms. The Morgan fingerprint density at radius 1 is 1.44 bits per heavy atom. The van der Waals surface area contributed by atoms with Gasteiger partial charge in [0, 0.05) is 17.7 Å². The molecule has 1 aromatic carbocycles. The highest BCUT2D eigenvalue weighted by molar-refractivity contribution is 6.32. The summed E-state index contributed by atoms with van der Waals surface area (Å²) >= 11 is 5.90. The summed E-state index contributed by atoms with van der Waals surface area (Å²) in [6, 6.07) is 4.21. The number of hydrogen-bond donors (Lipinski definition) is 2. The van der Waals surface area contributed by atoms with Gasteiger partial charge >= 0.3 is 0 Å². The van der Waals surface area contributed by atoms with Crippen LogP contribution < -0.4 is 10.5 Å². The smallest absolute Gasteiger partial charge is 0.145 e. The zero-order valence-corrected chi connectivity index (χ0v) is 9.18. The van der Waals surface area contributed by atoms with E-state index in [0.717, 1.165) is 0 Å². The number of nitrogens with two attached hydrogens (primary N) is 1. The largest absolute Gasteiger partial charge is 0.495 e. The van der Waals surface area contributed by atoms with Crippen molar-refractivity contribution >= 4 is 17.4 Å². The number of ether oxygens (including phenoxy) is 1. The molecule has 6 heteroatoms. The van der Waals surface area contributed by atoms with Gasteiger partial charge in [0.05, 0.1) is 17.8 Å². The van der Waals surface area contributed by atoms with Crippen molar-refractivity contribution in [3.63, 3.8) is 0 Å². The fraction of sp³-hybridized carbons (Fsp3) is 0.100. The molecule has 0 unspecified atom stereocenters. The van der Waals surface area contributed by atoms with Crippen molar-refractivity contribution < 1.29 is 9.13 Å². The van der Waals surface area contributed by atoms with Gasteiger partial charge in [-0.05, 0) is 6.07 Å². The van der Waals surface area contributed by atoms with Crippen molar-refractivity contribution in [3.8, 4) is 17.0 Å². The first-order valence-corrected chi connectivity index (χ1v) is 4.84. The molecule has 0 atom stereocenters. The highest BCUT2D eigenvalue weighted by Gasteiger charge is 2.12. The summed E-state index contributed by atoms with van der Waals surface area (Å²) < 4.78 is 18.6. The van der Waals surface area contributed by atoms with Crippen LogP contribution in [-0.2, 0) is 0 Å². The number of aromatic amines is 1. The molecule has 0 aliphatic carbocycles. The van der Waals surface area contributed by atoms with E-state index in [-0.39, 0.29) is 5.75 Å². The van der Waals surface area contributed by atoms with Crippen LogP contribution in [0.15, 0.2) is 18.2 Å². The molecule has 1 aromatic heterocycles. The standard InChI is InChI=1S/C10H9ClFN3O/c1-16-9-3-7(12)5(2-6(9)11)8-4-10(13)15-14-8/h2-4H,1H3,(H3,13,14,15). The summed E-state index contributed by atoms with van der Waals surface area (Å²) in [4.78, 5) is 0. The van der Waals surface area contributed by atoms with Gasteiger partial charge in [-0.15, -0.1) is 0 Å². The van der Waals surface area contributed by atoms with Gasteiger partial charge in [0.25, 0.3) is 0 Å². The van der Waals surface area contributed by atoms with Gasteiger partial charge in [-0.2, -0.15) is 5.10 Å². The third-order valence-electron chi connectivity index (χ3n) is 2.13. The molecule has 1 heterocycles. The van der Waals surface area contributed by atoms with Crippen LogP contribution >= 0.6 is 11.6 Å². The second-order valence-electron chi connectivity index (χ2n) is 3.17. The zero-order chi connectivity index (χ0) is 11.7. The Balaban J connectivity index is 2.54. The first-order chi connectivity index (χ1) is 7.61. The molecule has 0 aliphatic rings. The average molecular weight is 242 g/mol. The Kier molecular flexibility index (Phi) is 2.70. The highest BCUT2D eigenvalue weighted by Crippen LogP contribution is 2.32. The minimum Gasteiger partial charge on any atom is -0.495 e. The summed E-state index contributed by atoms with van der Waals surface area (Å²) in [5.41, 5.74) is 6.21. The molecule has 0 saturated heterocycles. The van der Waals surface area contributed by atoms with Gasteiger partial charge in [0.1, 0.15) is 17.4 Å². The first kappa shape index (κ1) is 10.8. The van der Waals surface area contributed by atoms with Gasteiger partial charge in [-0.1, -0.05) is 11.6 Å². The number of anilines is 1. The lowest BCUT2D eigenvalue weighted by Gasteiger charge is -2.06. The van der Waals surface area contributed by atoms with E-state index in [2.05, 4.69) is 10.2 Å². The Labute approximate surface area is 96.2 Å². The quantitative estimate of drug-likeness (QED) is 0.849. The van der Waals surface area contributed by atoms with Gasteiger partial charge < -0.3 is 10.5 Å². The lowest BCUT2D eigenvalue weighted by molar-refractivity contribution is 0.411. The number of aromatic nitrogens is 2. The Morgan fingerprint density at radius 3 is 2.75 bits per heavy atom. The molecule has 4 nitrogen and oxygen atoms in total. The number of nitrogens with one attached hydrogen (secondary N) is 1. The molecule has 2 aromatic rings. The van der Waals surface area contributed by atoms with Crippen LogP contribution in [0.4, 0.5) is 10.2 Å². The molecule has 0 aliphatic heterocycles. The van der Waals surface area contributed by atoms with Gasteiger partial charge in [0.15, 0.2) is 0 Å². The van der Waals surface area contributed by atoms with Crippen molar-refractivity contribution in [1.29, 1.82) is 0 Å². The number of H-pyrrole nitrogens is 1. The predicted molar refractivity (Wildman–Crippen MR) is 60.0 cm³/mol. The number of methoxy groups -OCH3 is 1.